The third-order valence-corrected chi connectivity index (χ3v) is 4.11. The minimum Gasteiger partial charge on any atom is -0.466 e. The number of carbonyl (C=O) groups is 2. The van der Waals surface area contributed by atoms with Crippen LogP contribution in [0.1, 0.15) is 71.1 Å². The lowest BCUT2D eigenvalue weighted by Crippen LogP contribution is -2.26. The summed E-state index contributed by atoms with van der Waals surface area (Å²) in [5.74, 6) is -1.07. The fourth-order valence-corrected chi connectivity index (χ4v) is 2.56. The van der Waals surface area contributed by atoms with Crippen LogP contribution in [0.5, 0.6) is 0 Å². The molecule has 5 heteroatoms. The fraction of sp³-hybridized carbons (Fsp3) is 0.789. The summed E-state index contributed by atoms with van der Waals surface area (Å²) in [4.78, 5) is 24.9. The number of likely N-dealkylation sites (N-methyl/N-ethyl adjacent to an activating group) is 1. The maximum Gasteiger partial charge on any atom is 0.354 e. The van der Waals surface area contributed by atoms with E-state index in [1.807, 2.05) is 0 Å². The Labute approximate surface area is 147 Å². The van der Waals surface area contributed by atoms with Gasteiger partial charge >= 0.3 is 11.9 Å². The highest BCUT2D eigenvalue weighted by molar-refractivity contribution is 5.95. The summed E-state index contributed by atoms with van der Waals surface area (Å²) in [5, 5.41) is 0. The van der Waals surface area contributed by atoms with Gasteiger partial charge in [-0.2, -0.15) is 0 Å². The minimum atomic E-state index is -0.551. The van der Waals surface area contributed by atoms with Crippen molar-refractivity contribution in [1.29, 1.82) is 0 Å². The third-order valence-electron chi connectivity index (χ3n) is 4.11. The van der Waals surface area contributed by atoms with Gasteiger partial charge in [-0.15, -0.1) is 0 Å². The Balaban J connectivity index is 3.93. The zero-order valence-electron chi connectivity index (χ0n) is 15.9. The summed E-state index contributed by atoms with van der Waals surface area (Å²) in [7, 11) is 4.39. The first kappa shape index (κ1) is 22.5. The Hall–Kier alpha value is -1.52. The average Bonchev–Trinajstić information content (AvgIpc) is 2.60. The van der Waals surface area contributed by atoms with Gasteiger partial charge < -0.3 is 14.4 Å². The van der Waals surface area contributed by atoms with Crippen LogP contribution in [0.25, 0.3) is 0 Å². The molecule has 140 valence electrons. The molecular formula is C19H35NO4. The van der Waals surface area contributed by atoms with E-state index in [-0.39, 0.29) is 5.70 Å². The monoisotopic (exact) mass is 341 g/mol. The van der Waals surface area contributed by atoms with Crippen LogP contribution in [-0.2, 0) is 19.1 Å². The van der Waals surface area contributed by atoms with Crippen LogP contribution in [0.3, 0.4) is 0 Å². The van der Waals surface area contributed by atoms with Crippen LogP contribution in [-0.4, -0.2) is 44.7 Å². The number of carbonyl (C=O) groups excluding carboxylic acids is 2. The van der Waals surface area contributed by atoms with Crippen molar-refractivity contribution in [3.8, 4) is 0 Å². The number of rotatable bonds is 14. The van der Waals surface area contributed by atoms with E-state index < -0.39 is 11.9 Å². The Kier molecular flexibility index (Phi) is 14.1. The Bertz CT molecular complexity index is 380. The van der Waals surface area contributed by atoms with Crippen molar-refractivity contribution >= 4 is 11.9 Å². The Morgan fingerprint density at radius 1 is 0.833 bits per heavy atom. The maximum atomic E-state index is 11.7. The van der Waals surface area contributed by atoms with Crippen LogP contribution in [0.15, 0.2) is 11.8 Å². The molecule has 0 unspecified atom stereocenters. The molecule has 0 aromatic rings. The molecule has 0 radical (unpaired) electrons. The summed E-state index contributed by atoms with van der Waals surface area (Å²) in [6.45, 7) is 2.96. The molecule has 0 saturated carbocycles. The maximum absolute atomic E-state index is 11.7. The van der Waals surface area contributed by atoms with Gasteiger partial charge in [0.05, 0.1) is 20.3 Å². The van der Waals surface area contributed by atoms with Crippen LogP contribution in [0, 0.1) is 0 Å². The van der Waals surface area contributed by atoms with E-state index in [1.165, 1.54) is 71.7 Å². The standard InChI is InChI=1S/C19H35NO4/c1-5-6-7-8-9-10-11-12-13-14-15-20(2)17(19(22)24-4)16-18(21)23-3/h16H,5-15H2,1-4H3/b17-16+. The Morgan fingerprint density at radius 2 is 1.33 bits per heavy atom. The summed E-state index contributed by atoms with van der Waals surface area (Å²) in [6.07, 6.45) is 13.8. The highest BCUT2D eigenvalue weighted by Gasteiger charge is 2.16. The molecule has 24 heavy (non-hydrogen) atoms. The van der Waals surface area contributed by atoms with Gasteiger partial charge in [0.2, 0.25) is 0 Å². The van der Waals surface area contributed by atoms with Crippen molar-refractivity contribution in [2.45, 2.75) is 71.1 Å². The van der Waals surface area contributed by atoms with E-state index in [0.29, 0.717) is 6.54 Å². The van der Waals surface area contributed by atoms with Crippen molar-refractivity contribution in [3.63, 3.8) is 0 Å². The molecule has 0 heterocycles. The second-order valence-corrected chi connectivity index (χ2v) is 6.15. The first-order chi connectivity index (χ1) is 11.6. The molecule has 0 N–H and O–H groups in total. The summed E-state index contributed by atoms with van der Waals surface area (Å²) in [6, 6.07) is 0. The topological polar surface area (TPSA) is 55.8 Å². The fourth-order valence-electron chi connectivity index (χ4n) is 2.56. The molecule has 0 fully saturated rings. The molecule has 0 amide bonds. The van der Waals surface area contributed by atoms with Crippen molar-refractivity contribution in [2.75, 3.05) is 27.8 Å². The lowest BCUT2D eigenvalue weighted by molar-refractivity contribution is -0.139. The number of unbranched alkanes of at least 4 members (excludes halogenated alkanes) is 9. The van der Waals surface area contributed by atoms with Gasteiger partial charge in [0.25, 0.3) is 0 Å². The quantitative estimate of drug-likeness (QED) is 0.271. The van der Waals surface area contributed by atoms with Gasteiger partial charge in [-0.25, -0.2) is 9.59 Å². The van der Waals surface area contributed by atoms with Gasteiger partial charge in [-0.3, -0.25) is 0 Å². The zero-order valence-corrected chi connectivity index (χ0v) is 15.9. The van der Waals surface area contributed by atoms with Crippen LogP contribution in [0.4, 0.5) is 0 Å². The first-order valence-electron chi connectivity index (χ1n) is 9.15. The van der Waals surface area contributed by atoms with Gasteiger partial charge in [-0.05, 0) is 6.42 Å². The molecule has 0 aliphatic carbocycles. The zero-order chi connectivity index (χ0) is 18.2. The molecule has 0 aliphatic heterocycles. The van der Waals surface area contributed by atoms with Crippen LogP contribution in [0.2, 0.25) is 0 Å². The number of ether oxygens (including phenoxy) is 2. The summed E-state index contributed by atoms with van der Waals surface area (Å²) >= 11 is 0. The smallest absolute Gasteiger partial charge is 0.354 e. The lowest BCUT2D eigenvalue weighted by Gasteiger charge is -2.20. The van der Waals surface area contributed by atoms with Crippen LogP contribution >= 0.6 is 0 Å². The second kappa shape index (κ2) is 15.0. The number of methoxy groups -OCH3 is 2. The summed E-state index contributed by atoms with van der Waals surface area (Å²) < 4.78 is 9.30. The number of nitrogens with zero attached hydrogens (tertiary/aromatic N) is 1. The molecular weight excluding hydrogens is 306 g/mol. The predicted molar refractivity (Wildman–Crippen MR) is 96.6 cm³/mol. The normalized spacial score (nSPS) is 11.2. The first-order valence-corrected chi connectivity index (χ1v) is 9.15. The lowest BCUT2D eigenvalue weighted by atomic mass is 10.1. The van der Waals surface area contributed by atoms with Crippen LogP contribution < -0.4 is 0 Å². The average molecular weight is 341 g/mol. The SMILES string of the molecule is CCCCCCCCCCCCN(C)/C(=C/C(=O)OC)C(=O)OC. The molecule has 0 aromatic carbocycles. The van der Waals surface area contributed by atoms with E-state index in [9.17, 15) is 9.59 Å². The molecule has 5 nitrogen and oxygen atoms in total. The van der Waals surface area contributed by atoms with E-state index >= 15 is 0 Å². The van der Waals surface area contributed by atoms with Gasteiger partial charge in [-0.1, -0.05) is 64.7 Å². The largest absolute Gasteiger partial charge is 0.466 e. The van der Waals surface area contributed by atoms with Crippen molar-refractivity contribution in [3.05, 3.63) is 11.8 Å². The van der Waals surface area contributed by atoms with Gasteiger partial charge in [0.15, 0.2) is 0 Å². The molecule has 0 aliphatic rings. The number of hydrogen-bond acceptors (Lipinski definition) is 5. The molecule has 0 rings (SSSR count). The highest BCUT2D eigenvalue weighted by atomic mass is 16.5. The van der Waals surface area contributed by atoms with E-state index in [0.717, 1.165) is 12.8 Å². The van der Waals surface area contributed by atoms with Crippen molar-refractivity contribution in [2.24, 2.45) is 0 Å². The van der Waals surface area contributed by atoms with Crippen molar-refractivity contribution < 1.29 is 19.1 Å². The van der Waals surface area contributed by atoms with Crippen molar-refractivity contribution in [1.82, 2.24) is 4.90 Å². The van der Waals surface area contributed by atoms with Gasteiger partial charge in [0.1, 0.15) is 5.70 Å². The molecule has 0 aromatic heterocycles. The Morgan fingerprint density at radius 3 is 1.79 bits per heavy atom. The highest BCUT2D eigenvalue weighted by Crippen LogP contribution is 2.12. The molecule has 0 bridgehead atoms. The number of hydrogen-bond donors (Lipinski definition) is 0. The predicted octanol–water partition coefficient (Wildman–Crippen LogP) is 4.07. The molecule has 0 saturated heterocycles. The molecule has 0 atom stereocenters. The number of esters is 2. The second-order valence-electron chi connectivity index (χ2n) is 6.15. The van der Waals surface area contributed by atoms with E-state index in [1.54, 1.807) is 11.9 Å². The molecule has 0 spiro atoms. The summed E-state index contributed by atoms with van der Waals surface area (Å²) in [5.41, 5.74) is 0.236. The van der Waals surface area contributed by atoms with E-state index in [4.69, 9.17) is 4.74 Å². The van der Waals surface area contributed by atoms with Gasteiger partial charge in [0, 0.05) is 13.6 Å². The minimum absolute atomic E-state index is 0.236. The third kappa shape index (κ3) is 11.1. The van der Waals surface area contributed by atoms with E-state index in [2.05, 4.69) is 11.7 Å².